The third-order valence-corrected chi connectivity index (χ3v) is 6.13. The summed E-state index contributed by atoms with van der Waals surface area (Å²) in [6, 6.07) is 31.6. The van der Waals surface area contributed by atoms with Gasteiger partial charge in [0, 0.05) is 11.4 Å². The summed E-state index contributed by atoms with van der Waals surface area (Å²) >= 11 is 0. The van der Waals surface area contributed by atoms with Crippen LogP contribution in [0.3, 0.4) is 0 Å². The van der Waals surface area contributed by atoms with Crippen LogP contribution in [0.2, 0.25) is 0 Å². The number of anilines is 2. The first kappa shape index (κ1) is 23.2. The van der Waals surface area contributed by atoms with Gasteiger partial charge in [0.25, 0.3) is 0 Å². The van der Waals surface area contributed by atoms with Crippen molar-refractivity contribution in [1.29, 1.82) is 0 Å². The highest BCUT2D eigenvalue weighted by molar-refractivity contribution is 5.44. The molecule has 0 aliphatic heterocycles. The number of nitrogens with two attached hydrogens (primary N) is 2. The Morgan fingerprint density at radius 2 is 0.941 bits per heavy atom. The molecule has 4 aromatic rings. The fourth-order valence-corrected chi connectivity index (χ4v) is 4.18. The van der Waals surface area contributed by atoms with Crippen LogP contribution in [0, 0.1) is 0 Å². The molecule has 1 unspecified atom stereocenters. The van der Waals surface area contributed by atoms with Gasteiger partial charge in [0.2, 0.25) is 0 Å². The maximum absolute atomic E-state index is 5.94. The molecular weight excluding hydrogens is 420 g/mol. The van der Waals surface area contributed by atoms with Crippen LogP contribution < -0.4 is 20.9 Å². The minimum absolute atomic E-state index is 0.0122. The Labute approximate surface area is 202 Å². The van der Waals surface area contributed by atoms with Crippen molar-refractivity contribution in [1.82, 2.24) is 0 Å². The molecule has 174 valence electrons. The molecule has 0 bridgehead atoms. The standard InChI is InChI=1S/C30H32N2O2/c1-21(22-4-12-26(13-5-22)33-28-16-8-24(31)9-17-28)20-30(2,3)23-6-14-27(15-7-23)34-29-18-10-25(32)11-19-29/h4-19,21H,20,31-32H2,1-3H3. The van der Waals surface area contributed by atoms with Gasteiger partial charge in [-0.05, 0) is 102 Å². The van der Waals surface area contributed by atoms with E-state index in [0.717, 1.165) is 40.8 Å². The molecule has 0 aromatic heterocycles. The fourth-order valence-electron chi connectivity index (χ4n) is 4.18. The second-order valence-electron chi connectivity index (χ2n) is 9.42. The predicted octanol–water partition coefficient (Wildman–Crippen LogP) is 7.91. The highest BCUT2D eigenvalue weighted by atomic mass is 16.5. The van der Waals surface area contributed by atoms with E-state index in [-0.39, 0.29) is 5.41 Å². The lowest BCUT2D eigenvalue weighted by molar-refractivity contribution is 0.436. The molecule has 4 nitrogen and oxygen atoms in total. The van der Waals surface area contributed by atoms with Gasteiger partial charge in [-0.2, -0.15) is 0 Å². The van der Waals surface area contributed by atoms with Gasteiger partial charge in [-0.25, -0.2) is 0 Å². The monoisotopic (exact) mass is 452 g/mol. The van der Waals surface area contributed by atoms with Crippen LogP contribution in [0.1, 0.15) is 44.2 Å². The van der Waals surface area contributed by atoms with E-state index in [1.54, 1.807) is 0 Å². The first-order chi connectivity index (χ1) is 16.3. The number of benzene rings is 4. The maximum atomic E-state index is 5.94. The Kier molecular flexibility index (Phi) is 6.78. The van der Waals surface area contributed by atoms with Crippen molar-refractivity contribution >= 4 is 11.4 Å². The summed E-state index contributed by atoms with van der Waals surface area (Å²) in [5.41, 5.74) is 15.5. The van der Waals surface area contributed by atoms with Crippen LogP contribution in [0.15, 0.2) is 97.1 Å². The second kappa shape index (κ2) is 9.92. The molecule has 4 N–H and O–H groups in total. The lowest BCUT2D eigenvalue weighted by atomic mass is 9.76. The van der Waals surface area contributed by atoms with Crippen molar-refractivity contribution in [3.05, 3.63) is 108 Å². The van der Waals surface area contributed by atoms with Gasteiger partial charge in [0.1, 0.15) is 23.0 Å². The van der Waals surface area contributed by atoms with E-state index in [9.17, 15) is 0 Å². The minimum Gasteiger partial charge on any atom is -0.457 e. The number of hydrogen-bond acceptors (Lipinski definition) is 4. The van der Waals surface area contributed by atoms with Gasteiger partial charge in [-0.3, -0.25) is 0 Å². The Morgan fingerprint density at radius 3 is 1.35 bits per heavy atom. The van der Waals surface area contributed by atoms with Crippen molar-refractivity contribution in [3.63, 3.8) is 0 Å². The van der Waals surface area contributed by atoms with Gasteiger partial charge in [0.05, 0.1) is 0 Å². The highest BCUT2D eigenvalue weighted by Crippen LogP contribution is 2.36. The number of nitrogen functional groups attached to an aromatic ring is 2. The van der Waals surface area contributed by atoms with Gasteiger partial charge in [-0.1, -0.05) is 45.0 Å². The van der Waals surface area contributed by atoms with Gasteiger partial charge in [0.15, 0.2) is 0 Å². The highest BCUT2D eigenvalue weighted by Gasteiger charge is 2.24. The SMILES string of the molecule is CC(CC(C)(C)c1ccc(Oc2ccc(N)cc2)cc1)c1ccc(Oc2ccc(N)cc2)cc1. The van der Waals surface area contributed by atoms with Crippen molar-refractivity contribution in [2.75, 3.05) is 11.5 Å². The zero-order valence-electron chi connectivity index (χ0n) is 20.0. The molecule has 0 aliphatic rings. The Morgan fingerprint density at radius 1 is 0.588 bits per heavy atom. The Bertz CT molecular complexity index is 1200. The van der Waals surface area contributed by atoms with E-state index in [4.69, 9.17) is 20.9 Å². The predicted molar refractivity (Wildman–Crippen MR) is 141 cm³/mol. The van der Waals surface area contributed by atoms with E-state index in [1.165, 1.54) is 11.1 Å². The molecule has 0 radical (unpaired) electrons. The molecule has 4 heteroatoms. The van der Waals surface area contributed by atoms with Crippen LogP contribution in [-0.4, -0.2) is 0 Å². The molecule has 1 atom stereocenters. The topological polar surface area (TPSA) is 70.5 Å². The zero-order valence-corrected chi connectivity index (χ0v) is 20.0. The average Bonchev–Trinajstić information content (AvgIpc) is 2.82. The zero-order chi connectivity index (χ0) is 24.1. The third kappa shape index (κ3) is 5.90. The molecule has 0 saturated carbocycles. The largest absolute Gasteiger partial charge is 0.457 e. The molecule has 0 saturated heterocycles. The van der Waals surface area contributed by atoms with Crippen molar-refractivity contribution < 1.29 is 9.47 Å². The number of ether oxygens (including phenoxy) is 2. The normalized spacial score (nSPS) is 12.2. The molecule has 34 heavy (non-hydrogen) atoms. The summed E-state index contributed by atoms with van der Waals surface area (Å²) in [7, 11) is 0. The van der Waals surface area contributed by atoms with Crippen LogP contribution >= 0.6 is 0 Å². The van der Waals surface area contributed by atoms with Crippen molar-refractivity contribution in [2.45, 2.75) is 38.5 Å². The smallest absolute Gasteiger partial charge is 0.127 e. The van der Waals surface area contributed by atoms with E-state index in [0.29, 0.717) is 5.92 Å². The molecule has 4 aromatic carbocycles. The Balaban J connectivity index is 1.37. The molecule has 0 heterocycles. The first-order valence-corrected chi connectivity index (χ1v) is 11.6. The lowest BCUT2D eigenvalue weighted by Gasteiger charge is -2.29. The van der Waals surface area contributed by atoms with Gasteiger partial charge in [-0.15, -0.1) is 0 Å². The van der Waals surface area contributed by atoms with Crippen LogP contribution in [0.5, 0.6) is 23.0 Å². The summed E-state index contributed by atoms with van der Waals surface area (Å²) in [6.07, 6.45) is 1.02. The third-order valence-electron chi connectivity index (χ3n) is 6.13. The van der Waals surface area contributed by atoms with Crippen LogP contribution in [0.25, 0.3) is 0 Å². The van der Waals surface area contributed by atoms with Crippen molar-refractivity contribution in [2.24, 2.45) is 0 Å². The average molecular weight is 453 g/mol. The molecule has 0 amide bonds. The molecular formula is C30H32N2O2. The first-order valence-electron chi connectivity index (χ1n) is 11.6. The Hall–Kier alpha value is -3.92. The maximum Gasteiger partial charge on any atom is 0.127 e. The van der Waals surface area contributed by atoms with E-state index >= 15 is 0 Å². The molecule has 0 fully saturated rings. The quantitative estimate of drug-likeness (QED) is 0.266. The van der Waals surface area contributed by atoms with E-state index < -0.39 is 0 Å². The van der Waals surface area contributed by atoms with E-state index in [1.807, 2.05) is 72.8 Å². The lowest BCUT2D eigenvalue weighted by Crippen LogP contribution is -2.20. The summed E-state index contributed by atoms with van der Waals surface area (Å²) in [5.74, 6) is 3.58. The van der Waals surface area contributed by atoms with Crippen LogP contribution in [0.4, 0.5) is 11.4 Å². The fraction of sp³-hybridized carbons (Fsp3) is 0.200. The van der Waals surface area contributed by atoms with Gasteiger partial charge >= 0.3 is 0 Å². The summed E-state index contributed by atoms with van der Waals surface area (Å²) in [5, 5.41) is 0. The number of rotatable bonds is 8. The molecule has 0 spiro atoms. The summed E-state index contributed by atoms with van der Waals surface area (Å²) in [4.78, 5) is 0. The second-order valence-corrected chi connectivity index (χ2v) is 9.42. The molecule has 4 rings (SSSR count). The van der Waals surface area contributed by atoms with Crippen molar-refractivity contribution in [3.8, 4) is 23.0 Å². The van der Waals surface area contributed by atoms with E-state index in [2.05, 4.69) is 45.0 Å². The van der Waals surface area contributed by atoms with Crippen LogP contribution in [-0.2, 0) is 5.41 Å². The molecule has 0 aliphatic carbocycles. The summed E-state index contributed by atoms with van der Waals surface area (Å²) < 4.78 is 11.9. The number of hydrogen-bond donors (Lipinski definition) is 2. The minimum atomic E-state index is 0.0122. The van der Waals surface area contributed by atoms with Gasteiger partial charge < -0.3 is 20.9 Å². The summed E-state index contributed by atoms with van der Waals surface area (Å²) in [6.45, 7) is 6.85.